The largest absolute Gasteiger partial charge is 0.323 e. The van der Waals surface area contributed by atoms with Crippen molar-refractivity contribution in [1.29, 1.82) is 0 Å². The third-order valence-electron chi connectivity index (χ3n) is 4.55. The predicted octanol–water partition coefficient (Wildman–Crippen LogP) is 2.03. The van der Waals surface area contributed by atoms with Gasteiger partial charge in [0.05, 0.1) is 11.9 Å². The van der Waals surface area contributed by atoms with Gasteiger partial charge in [0.25, 0.3) is 0 Å². The molecule has 0 saturated carbocycles. The number of aromatic nitrogens is 1. The Hall–Kier alpha value is -1.04. The first-order valence-corrected chi connectivity index (χ1v) is 7.89. The monoisotopic (exact) mass is 294 g/mol. The van der Waals surface area contributed by atoms with Gasteiger partial charge in [-0.25, -0.2) is 4.39 Å². The third kappa shape index (κ3) is 4.73. The third-order valence-corrected chi connectivity index (χ3v) is 4.55. The van der Waals surface area contributed by atoms with Crippen LogP contribution < -0.4 is 5.73 Å². The molecular formula is C16H27FN4. The highest BCUT2D eigenvalue weighted by Gasteiger charge is 2.21. The number of nitrogens with two attached hydrogens (primary N) is 1. The SMILES string of the molecule is CCN1CCC(N(C)CCC(N)c2ccc(F)cn2)CC1. The van der Waals surface area contributed by atoms with Crippen molar-refractivity contribution in [3.8, 4) is 0 Å². The zero-order valence-electron chi connectivity index (χ0n) is 13.1. The van der Waals surface area contributed by atoms with Gasteiger partial charge < -0.3 is 15.5 Å². The highest BCUT2D eigenvalue weighted by Crippen LogP contribution is 2.17. The summed E-state index contributed by atoms with van der Waals surface area (Å²) in [4.78, 5) is 8.98. The van der Waals surface area contributed by atoms with E-state index in [0.29, 0.717) is 6.04 Å². The first kappa shape index (κ1) is 16.3. The van der Waals surface area contributed by atoms with E-state index in [1.54, 1.807) is 6.07 Å². The Bertz CT molecular complexity index is 415. The molecule has 118 valence electrons. The fourth-order valence-electron chi connectivity index (χ4n) is 2.96. The normalized spacial score (nSPS) is 19.1. The van der Waals surface area contributed by atoms with Crippen molar-refractivity contribution in [3.05, 3.63) is 29.8 Å². The average Bonchev–Trinajstić information content (AvgIpc) is 2.53. The van der Waals surface area contributed by atoms with Crippen LogP contribution >= 0.6 is 0 Å². The summed E-state index contributed by atoms with van der Waals surface area (Å²) >= 11 is 0. The maximum atomic E-state index is 12.9. The molecule has 2 N–H and O–H groups in total. The lowest BCUT2D eigenvalue weighted by atomic mass is 10.0. The minimum Gasteiger partial charge on any atom is -0.323 e. The zero-order valence-corrected chi connectivity index (χ0v) is 13.1. The van der Waals surface area contributed by atoms with Crippen LogP contribution in [0.5, 0.6) is 0 Å². The fourth-order valence-corrected chi connectivity index (χ4v) is 2.96. The van der Waals surface area contributed by atoms with Gasteiger partial charge >= 0.3 is 0 Å². The molecule has 0 aliphatic carbocycles. The highest BCUT2D eigenvalue weighted by atomic mass is 19.1. The zero-order chi connectivity index (χ0) is 15.2. The average molecular weight is 294 g/mol. The van der Waals surface area contributed by atoms with E-state index in [2.05, 4.69) is 28.8 Å². The van der Waals surface area contributed by atoms with Crippen LogP contribution in [0.15, 0.2) is 18.3 Å². The molecule has 2 heterocycles. The van der Waals surface area contributed by atoms with Crippen molar-refractivity contribution >= 4 is 0 Å². The van der Waals surface area contributed by atoms with Gasteiger partial charge in [-0.3, -0.25) is 4.98 Å². The molecule has 1 aliphatic heterocycles. The molecule has 1 atom stereocenters. The van der Waals surface area contributed by atoms with Crippen LogP contribution in [-0.2, 0) is 0 Å². The summed E-state index contributed by atoms with van der Waals surface area (Å²) in [6.45, 7) is 6.71. The second-order valence-corrected chi connectivity index (χ2v) is 5.94. The molecule has 1 aliphatic rings. The van der Waals surface area contributed by atoms with E-state index < -0.39 is 0 Å². The number of hydrogen-bond donors (Lipinski definition) is 1. The van der Waals surface area contributed by atoms with E-state index in [1.165, 1.54) is 38.2 Å². The molecule has 0 spiro atoms. The Morgan fingerprint density at radius 2 is 2.14 bits per heavy atom. The molecule has 0 amide bonds. The molecule has 5 heteroatoms. The van der Waals surface area contributed by atoms with Crippen molar-refractivity contribution in [1.82, 2.24) is 14.8 Å². The number of rotatable bonds is 6. The number of pyridine rings is 1. The summed E-state index contributed by atoms with van der Waals surface area (Å²) < 4.78 is 12.9. The molecule has 1 saturated heterocycles. The van der Waals surface area contributed by atoms with Crippen LogP contribution in [0, 0.1) is 5.82 Å². The van der Waals surface area contributed by atoms with Gasteiger partial charge in [0.1, 0.15) is 5.82 Å². The Balaban J connectivity index is 1.76. The van der Waals surface area contributed by atoms with Crippen molar-refractivity contribution in [3.63, 3.8) is 0 Å². The van der Waals surface area contributed by atoms with E-state index >= 15 is 0 Å². The van der Waals surface area contributed by atoms with Crippen LogP contribution in [0.3, 0.4) is 0 Å². The first-order valence-electron chi connectivity index (χ1n) is 7.89. The number of piperidine rings is 1. The van der Waals surface area contributed by atoms with Gasteiger partial charge in [0.15, 0.2) is 0 Å². The summed E-state index contributed by atoms with van der Waals surface area (Å²) in [5, 5.41) is 0. The lowest BCUT2D eigenvalue weighted by Crippen LogP contribution is -2.43. The van der Waals surface area contributed by atoms with E-state index in [4.69, 9.17) is 5.73 Å². The number of likely N-dealkylation sites (tertiary alicyclic amines) is 1. The molecule has 1 aromatic heterocycles. The number of halogens is 1. The molecule has 0 radical (unpaired) electrons. The van der Waals surface area contributed by atoms with E-state index in [0.717, 1.165) is 25.2 Å². The molecule has 1 fully saturated rings. The summed E-state index contributed by atoms with van der Waals surface area (Å²) in [7, 11) is 2.18. The Morgan fingerprint density at radius 1 is 1.43 bits per heavy atom. The van der Waals surface area contributed by atoms with Crippen molar-refractivity contribution < 1.29 is 4.39 Å². The standard InChI is InChI=1S/C16H27FN4/c1-3-21-10-6-14(7-11-21)20(2)9-8-15(18)16-5-4-13(17)12-19-16/h4-5,12,14-15H,3,6-11,18H2,1-2H3. The van der Waals surface area contributed by atoms with E-state index in [9.17, 15) is 4.39 Å². The van der Waals surface area contributed by atoms with Crippen LogP contribution in [0.2, 0.25) is 0 Å². The van der Waals surface area contributed by atoms with Gasteiger partial charge in [-0.2, -0.15) is 0 Å². The summed E-state index contributed by atoms with van der Waals surface area (Å²) in [5.74, 6) is -0.314. The predicted molar refractivity (Wildman–Crippen MR) is 83.5 cm³/mol. The highest BCUT2D eigenvalue weighted by molar-refractivity contribution is 5.09. The Morgan fingerprint density at radius 3 is 2.71 bits per heavy atom. The Kier molecular flexibility index (Phi) is 6.08. The summed E-state index contributed by atoms with van der Waals surface area (Å²) in [6, 6.07) is 3.64. The lowest BCUT2D eigenvalue weighted by Gasteiger charge is -2.36. The van der Waals surface area contributed by atoms with Crippen molar-refractivity contribution in [2.45, 2.75) is 38.3 Å². The molecular weight excluding hydrogens is 267 g/mol. The molecule has 2 rings (SSSR count). The van der Waals surface area contributed by atoms with Gasteiger partial charge in [0, 0.05) is 12.1 Å². The number of hydrogen-bond acceptors (Lipinski definition) is 4. The van der Waals surface area contributed by atoms with Gasteiger partial charge in [-0.15, -0.1) is 0 Å². The molecule has 0 bridgehead atoms. The second kappa shape index (κ2) is 7.82. The van der Waals surface area contributed by atoms with Crippen LogP contribution in [-0.4, -0.2) is 54.1 Å². The molecule has 0 aromatic carbocycles. The lowest BCUT2D eigenvalue weighted by molar-refractivity contribution is 0.129. The molecule has 1 aromatic rings. The van der Waals surface area contributed by atoms with Crippen LogP contribution in [0.1, 0.15) is 37.9 Å². The maximum absolute atomic E-state index is 12.9. The van der Waals surface area contributed by atoms with E-state index in [1.807, 2.05) is 0 Å². The number of nitrogens with zero attached hydrogens (tertiary/aromatic N) is 3. The van der Waals surface area contributed by atoms with Crippen molar-refractivity contribution in [2.75, 3.05) is 33.2 Å². The van der Waals surface area contributed by atoms with Gasteiger partial charge in [-0.1, -0.05) is 6.92 Å². The van der Waals surface area contributed by atoms with Crippen LogP contribution in [0.25, 0.3) is 0 Å². The maximum Gasteiger partial charge on any atom is 0.141 e. The molecule has 21 heavy (non-hydrogen) atoms. The first-order chi connectivity index (χ1) is 10.1. The van der Waals surface area contributed by atoms with Crippen LogP contribution in [0.4, 0.5) is 4.39 Å². The molecule has 4 nitrogen and oxygen atoms in total. The minimum absolute atomic E-state index is 0.121. The molecule has 1 unspecified atom stereocenters. The Labute approximate surface area is 127 Å². The smallest absolute Gasteiger partial charge is 0.141 e. The van der Waals surface area contributed by atoms with Crippen molar-refractivity contribution in [2.24, 2.45) is 5.73 Å². The van der Waals surface area contributed by atoms with Gasteiger partial charge in [0.2, 0.25) is 0 Å². The minimum atomic E-state index is -0.314. The summed E-state index contributed by atoms with van der Waals surface area (Å²) in [6.07, 6.45) is 4.55. The van der Waals surface area contributed by atoms with Gasteiger partial charge in [-0.05, 0) is 64.6 Å². The quantitative estimate of drug-likeness (QED) is 0.872. The second-order valence-electron chi connectivity index (χ2n) is 5.94. The topological polar surface area (TPSA) is 45.4 Å². The summed E-state index contributed by atoms with van der Waals surface area (Å²) in [5.41, 5.74) is 6.92. The van der Waals surface area contributed by atoms with E-state index in [-0.39, 0.29) is 11.9 Å². The fraction of sp³-hybridized carbons (Fsp3) is 0.688.